The molecule has 0 amide bonds. The van der Waals surface area contributed by atoms with Gasteiger partial charge in [-0.05, 0) is 25.0 Å². The lowest BCUT2D eigenvalue weighted by molar-refractivity contribution is -0.150. The normalized spacial score (nSPS) is 24.5. The minimum absolute atomic E-state index is 0.0101. The quantitative estimate of drug-likeness (QED) is 0.593. The molecule has 2 aromatic rings. The zero-order valence-electron chi connectivity index (χ0n) is 14.5. The second kappa shape index (κ2) is 7.17. The van der Waals surface area contributed by atoms with Crippen molar-refractivity contribution in [2.75, 3.05) is 10.8 Å². The second-order valence-electron chi connectivity index (χ2n) is 7.10. The van der Waals surface area contributed by atoms with Crippen LogP contribution in [0.2, 0.25) is 0 Å². The molecule has 2 aliphatic rings. The van der Waals surface area contributed by atoms with Crippen molar-refractivity contribution in [3.8, 4) is 6.07 Å². The Morgan fingerprint density at radius 3 is 2.50 bits per heavy atom. The smallest absolute Gasteiger partial charge is 0.307 e. The molecule has 2 heterocycles. The molecule has 2 aliphatic heterocycles. The number of hydrogen-bond donors (Lipinski definition) is 0. The molecule has 3 atom stereocenters. The van der Waals surface area contributed by atoms with E-state index in [0.29, 0.717) is 23.5 Å². The summed E-state index contributed by atoms with van der Waals surface area (Å²) in [5.74, 6) is 0.114. The number of benzene rings is 2. The molecule has 2 bridgehead atoms. The molecule has 0 N–H and O–H groups in total. The molecular formula is C21H21ClN2O2. The molecule has 0 saturated carbocycles. The zero-order chi connectivity index (χ0) is 18.1. The van der Waals surface area contributed by atoms with E-state index in [1.807, 2.05) is 24.3 Å². The number of halogens is 1. The number of anilines is 1. The van der Waals surface area contributed by atoms with Gasteiger partial charge in [0.1, 0.15) is 6.10 Å². The molecule has 0 aliphatic carbocycles. The molecule has 1 unspecified atom stereocenters. The highest BCUT2D eigenvalue weighted by atomic mass is 35.5. The number of carbonyl (C=O) groups excluding carboxylic acids is 1. The van der Waals surface area contributed by atoms with E-state index in [1.54, 1.807) is 0 Å². The number of alkyl halides is 1. The van der Waals surface area contributed by atoms with Gasteiger partial charge in [-0.3, -0.25) is 4.79 Å². The highest BCUT2D eigenvalue weighted by molar-refractivity contribution is 6.18. The summed E-state index contributed by atoms with van der Waals surface area (Å²) in [5.41, 5.74) is 1.90. The molecule has 134 valence electrons. The average Bonchev–Trinajstić information content (AvgIpc) is 2.91. The first kappa shape index (κ1) is 17.2. The third kappa shape index (κ3) is 3.01. The fourth-order valence-corrected chi connectivity index (χ4v) is 4.70. The van der Waals surface area contributed by atoms with E-state index in [0.717, 1.165) is 36.5 Å². The minimum Gasteiger partial charge on any atom is -0.462 e. The number of rotatable bonds is 4. The third-order valence-corrected chi connectivity index (χ3v) is 5.78. The molecule has 2 saturated heterocycles. The number of piperidine rings is 1. The highest BCUT2D eigenvalue weighted by Crippen LogP contribution is 2.43. The van der Waals surface area contributed by atoms with Crippen LogP contribution in [0.5, 0.6) is 0 Å². The predicted octanol–water partition coefficient (Wildman–Crippen LogP) is 4.38. The van der Waals surface area contributed by atoms with Crippen LogP contribution in [-0.2, 0) is 9.53 Å². The highest BCUT2D eigenvalue weighted by Gasteiger charge is 2.42. The van der Waals surface area contributed by atoms with E-state index in [1.165, 1.54) is 5.69 Å². The Labute approximate surface area is 158 Å². The lowest BCUT2D eigenvalue weighted by Crippen LogP contribution is -2.46. The van der Waals surface area contributed by atoms with E-state index in [4.69, 9.17) is 16.3 Å². The standard InChI is InChI=1S/C21H21ClN2O2/c22-10-9-21(25)26-17-11-15-6-7-16(12-17)24(15)20-8-5-14(13-23)18-3-1-2-4-19(18)20/h1-5,8,15-17H,6-7,9-12H2/t15-,16+,17?. The van der Waals surface area contributed by atoms with Gasteiger partial charge in [0.25, 0.3) is 0 Å². The summed E-state index contributed by atoms with van der Waals surface area (Å²) >= 11 is 5.64. The van der Waals surface area contributed by atoms with Gasteiger partial charge in [-0.2, -0.15) is 5.26 Å². The topological polar surface area (TPSA) is 53.3 Å². The summed E-state index contributed by atoms with van der Waals surface area (Å²) < 4.78 is 5.63. The van der Waals surface area contributed by atoms with Gasteiger partial charge in [-0.15, -0.1) is 11.6 Å². The van der Waals surface area contributed by atoms with Crippen LogP contribution in [0.25, 0.3) is 10.8 Å². The number of fused-ring (bicyclic) bond motifs is 3. The minimum atomic E-state index is -0.193. The number of nitrogens with zero attached hydrogens (tertiary/aromatic N) is 2. The van der Waals surface area contributed by atoms with Crippen LogP contribution in [0.1, 0.15) is 37.7 Å². The Bertz CT molecular complexity index is 862. The molecular weight excluding hydrogens is 348 g/mol. The Morgan fingerprint density at radius 1 is 1.15 bits per heavy atom. The van der Waals surface area contributed by atoms with Gasteiger partial charge in [-0.1, -0.05) is 24.3 Å². The van der Waals surface area contributed by atoms with Gasteiger partial charge in [-0.25, -0.2) is 0 Å². The predicted molar refractivity (Wildman–Crippen MR) is 102 cm³/mol. The van der Waals surface area contributed by atoms with Crippen molar-refractivity contribution in [3.63, 3.8) is 0 Å². The van der Waals surface area contributed by atoms with Crippen molar-refractivity contribution in [1.29, 1.82) is 5.26 Å². The van der Waals surface area contributed by atoms with Gasteiger partial charge in [0.2, 0.25) is 0 Å². The number of esters is 1. The summed E-state index contributed by atoms with van der Waals surface area (Å²) in [7, 11) is 0. The molecule has 4 nitrogen and oxygen atoms in total. The van der Waals surface area contributed by atoms with Crippen molar-refractivity contribution < 1.29 is 9.53 Å². The summed E-state index contributed by atoms with van der Waals surface area (Å²) in [5, 5.41) is 11.5. The van der Waals surface area contributed by atoms with Gasteiger partial charge in [0.05, 0.1) is 18.1 Å². The number of hydrogen-bond acceptors (Lipinski definition) is 4. The van der Waals surface area contributed by atoms with Crippen LogP contribution in [0, 0.1) is 11.3 Å². The van der Waals surface area contributed by atoms with Crippen LogP contribution in [0.3, 0.4) is 0 Å². The van der Waals surface area contributed by atoms with E-state index in [9.17, 15) is 10.1 Å². The fraction of sp³-hybridized carbons (Fsp3) is 0.429. The Hall–Kier alpha value is -2.25. The van der Waals surface area contributed by atoms with Gasteiger partial charge in [0.15, 0.2) is 0 Å². The van der Waals surface area contributed by atoms with Crippen molar-refractivity contribution in [1.82, 2.24) is 0 Å². The molecule has 5 heteroatoms. The van der Waals surface area contributed by atoms with Crippen molar-refractivity contribution in [2.45, 2.75) is 50.3 Å². The van der Waals surface area contributed by atoms with Crippen LogP contribution in [0.4, 0.5) is 5.69 Å². The van der Waals surface area contributed by atoms with E-state index >= 15 is 0 Å². The molecule has 0 aromatic heterocycles. The van der Waals surface area contributed by atoms with Crippen molar-refractivity contribution in [3.05, 3.63) is 42.0 Å². The van der Waals surface area contributed by atoms with Crippen molar-refractivity contribution in [2.24, 2.45) is 0 Å². The maximum atomic E-state index is 11.8. The molecule has 0 radical (unpaired) electrons. The average molecular weight is 369 g/mol. The first-order valence-corrected chi connectivity index (χ1v) is 9.70. The monoisotopic (exact) mass is 368 g/mol. The van der Waals surface area contributed by atoms with Gasteiger partial charge < -0.3 is 9.64 Å². The van der Waals surface area contributed by atoms with Crippen LogP contribution < -0.4 is 4.90 Å². The summed E-state index contributed by atoms with van der Waals surface area (Å²) in [4.78, 5) is 14.3. The lowest BCUT2D eigenvalue weighted by atomic mass is 9.96. The third-order valence-electron chi connectivity index (χ3n) is 5.59. The SMILES string of the molecule is N#Cc1ccc(N2[C@@H]3CC[C@H]2CC(OC(=O)CCCl)C3)c2ccccc12. The van der Waals surface area contributed by atoms with Crippen LogP contribution >= 0.6 is 11.6 Å². The number of carbonyl (C=O) groups is 1. The van der Waals surface area contributed by atoms with Gasteiger partial charge in [0, 0.05) is 47.3 Å². The Balaban J connectivity index is 1.62. The van der Waals surface area contributed by atoms with Crippen LogP contribution in [0.15, 0.2) is 36.4 Å². The Morgan fingerprint density at radius 2 is 1.85 bits per heavy atom. The maximum Gasteiger partial charge on any atom is 0.307 e. The number of nitriles is 1. The molecule has 0 spiro atoms. The van der Waals surface area contributed by atoms with Crippen LogP contribution in [-0.4, -0.2) is 30.0 Å². The molecule has 26 heavy (non-hydrogen) atoms. The summed E-state index contributed by atoms with van der Waals surface area (Å²) in [6.07, 6.45) is 4.21. The summed E-state index contributed by atoms with van der Waals surface area (Å²) in [6, 6.07) is 15.1. The largest absolute Gasteiger partial charge is 0.462 e. The zero-order valence-corrected chi connectivity index (χ0v) is 15.3. The molecule has 4 rings (SSSR count). The van der Waals surface area contributed by atoms with Crippen molar-refractivity contribution >= 4 is 34.0 Å². The molecule has 2 fully saturated rings. The first-order valence-electron chi connectivity index (χ1n) is 9.17. The van der Waals surface area contributed by atoms with E-state index in [-0.39, 0.29) is 18.5 Å². The fourth-order valence-electron chi connectivity index (χ4n) is 4.54. The van der Waals surface area contributed by atoms with Gasteiger partial charge >= 0.3 is 5.97 Å². The van der Waals surface area contributed by atoms with E-state index < -0.39 is 0 Å². The van der Waals surface area contributed by atoms with E-state index in [2.05, 4.69) is 23.1 Å². The summed E-state index contributed by atoms with van der Waals surface area (Å²) in [6.45, 7) is 0. The number of ether oxygens (including phenoxy) is 1. The lowest BCUT2D eigenvalue weighted by Gasteiger charge is -2.40. The molecule has 2 aromatic carbocycles. The Kier molecular flexibility index (Phi) is 4.74. The maximum absolute atomic E-state index is 11.8. The first-order chi connectivity index (χ1) is 12.7. The second-order valence-corrected chi connectivity index (χ2v) is 7.48.